The number of rotatable bonds is 4. The van der Waals surface area contributed by atoms with Crippen molar-refractivity contribution in [2.45, 2.75) is 45.4 Å². The second-order valence-electron chi connectivity index (χ2n) is 6.17. The first kappa shape index (κ1) is 14.8. The van der Waals surface area contributed by atoms with Crippen LogP contribution in [0.4, 0.5) is 4.79 Å². The van der Waals surface area contributed by atoms with Crippen LogP contribution in [0.15, 0.2) is 18.7 Å². The van der Waals surface area contributed by atoms with Crippen molar-refractivity contribution < 1.29 is 9.53 Å². The summed E-state index contributed by atoms with van der Waals surface area (Å²) in [5.41, 5.74) is -0.427. The number of nitrogens with zero attached hydrogens (tertiary/aromatic N) is 3. The van der Waals surface area contributed by atoms with E-state index in [9.17, 15) is 4.79 Å². The SMILES string of the molecule is CC(C)(C)OC(=O)N1CCC(NCCn2ccnc2)C1. The first-order valence-electron chi connectivity index (χ1n) is 7.11. The van der Waals surface area contributed by atoms with Gasteiger partial charge in [0.05, 0.1) is 6.33 Å². The molecule has 112 valence electrons. The fourth-order valence-electron chi connectivity index (χ4n) is 2.24. The predicted octanol–water partition coefficient (Wildman–Crippen LogP) is 1.48. The summed E-state index contributed by atoms with van der Waals surface area (Å²) in [6.07, 6.45) is 6.30. The summed E-state index contributed by atoms with van der Waals surface area (Å²) in [4.78, 5) is 17.7. The maximum atomic E-state index is 11.9. The quantitative estimate of drug-likeness (QED) is 0.907. The Morgan fingerprint density at radius 1 is 1.50 bits per heavy atom. The molecule has 1 amide bonds. The maximum Gasteiger partial charge on any atom is 0.410 e. The van der Waals surface area contributed by atoms with Crippen LogP contribution in [-0.2, 0) is 11.3 Å². The summed E-state index contributed by atoms with van der Waals surface area (Å²) in [5.74, 6) is 0. The van der Waals surface area contributed by atoms with Crippen LogP contribution in [0.1, 0.15) is 27.2 Å². The normalized spacial score (nSPS) is 19.4. The van der Waals surface area contributed by atoms with Crippen molar-refractivity contribution >= 4 is 6.09 Å². The number of amides is 1. The van der Waals surface area contributed by atoms with Gasteiger partial charge in [-0.15, -0.1) is 0 Å². The summed E-state index contributed by atoms with van der Waals surface area (Å²) >= 11 is 0. The van der Waals surface area contributed by atoms with Gasteiger partial charge in [-0.3, -0.25) is 0 Å². The highest BCUT2D eigenvalue weighted by atomic mass is 16.6. The third-order valence-electron chi connectivity index (χ3n) is 3.20. The minimum Gasteiger partial charge on any atom is -0.444 e. The van der Waals surface area contributed by atoms with E-state index < -0.39 is 5.60 Å². The van der Waals surface area contributed by atoms with Gasteiger partial charge >= 0.3 is 6.09 Å². The highest BCUT2D eigenvalue weighted by Gasteiger charge is 2.29. The average Bonchev–Trinajstić information content (AvgIpc) is 2.97. The molecule has 0 aliphatic carbocycles. The standard InChI is InChI=1S/C14H24N4O2/c1-14(2,3)20-13(19)18-7-4-12(10-18)16-6-9-17-8-5-15-11-17/h5,8,11-12,16H,4,6-7,9-10H2,1-3H3. The smallest absolute Gasteiger partial charge is 0.410 e. The largest absolute Gasteiger partial charge is 0.444 e. The molecule has 1 saturated heterocycles. The lowest BCUT2D eigenvalue weighted by molar-refractivity contribution is 0.0291. The molecule has 20 heavy (non-hydrogen) atoms. The van der Waals surface area contributed by atoms with E-state index in [0.717, 1.165) is 32.6 Å². The number of aromatic nitrogens is 2. The fourth-order valence-corrected chi connectivity index (χ4v) is 2.24. The zero-order valence-electron chi connectivity index (χ0n) is 12.5. The van der Waals surface area contributed by atoms with E-state index in [1.807, 2.05) is 37.9 Å². The highest BCUT2D eigenvalue weighted by molar-refractivity contribution is 5.68. The van der Waals surface area contributed by atoms with Gasteiger partial charge in [0.1, 0.15) is 5.60 Å². The van der Waals surface area contributed by atoms with E-state index in [1.54, 1.807) is 11.1 Å². The van der Waals surface area contributed by atoms with Gasteiger partial charge in [-0.25, -0.2) is 9.78 Å². The van der Waals surface area contributed by atoms with Gasteiger partial charge < -0.3 is 19.5 Å². The monoisotopic (exact) mass is 280 g/mol. The summed E-state index contributed by atoms with van der Waals surface area (Å²) in [6.45, 7) is 8.92. The van der Waals surface area contributed by atoms with E-state index in [1.165, 1.54) is 0 Å². The van der Waals surface area contributed by atoms with Gasteiger partial charge in [0.25, 0.3) is 0 Å². The molecule has 1 unspecified atom stereocenters. The highest BCUT2D eigenvalue weighted by Crippen LogP contribution is 2.15. The van der Waals surface area contributed by atoms with Crippen LogP contribution in [0.2, 0.25) is 0 Å². The van der Waals surface area contributed by atoms with Crippen LogP contribution in [0, 0.1) is 0 Å². The van der Waals surface area contributed by atoms with Gasteiger partial charge in [0.15, 0.2) is 0 Å². The number of hydrogen-bond acceptors (Lipinski definition) is 4. The van der Waals surface area contributed by atoms with Crippen LogP contribution in [0.3, 0.4) is 0 Å². The number of hydrogen-bond donors (Lipinski definition) is 1. The van der Waals surface area contributed by atoms with Crippen LogP contribution in [0.25, 0.3) is 0 Å². The molecule has 6 heteroatoms. The van der Waals surface area contributed by atoms with Crippen molar-refractivity contribution in [1.29, 1.82) is 0 Å². The summed E-state index contributed by atoms with van der Waals surface area (Å²) in [6, 6.07) is 0.353. The molecule has 2 heterocycles. The van der Waals surface area contributed by atoms with Crippen molar-refractivity contribution in [3.05, 3.63) is 18.7 Å². The van der Waals surface area contributed by atoms with Crippen molar-refractivity contribution in [2.75, 3.05) is 19.6 Å². The topological polar surface area (TPSA) is 59.4 Å². The number of nitrogens with one attached hydrogen (secondary N) is 1. The predicted molar refractivity (Wildman–Crippen MR) is 76.4 cm³/mol. The first-order chi connectivity index (χ1) is 9.44. The third-order valence-corrected chi connectivity index (χ3v) is 3.20. The molecule has 1 atom stereocenters. The second kappa shape index (κ2) is 6.26. The third kappa shape index (κ3) is 4.52. The minimum atomic E-state index is -0.427. The molecule has 1 aliphatic rings. The Morgan fingerprint density at radius 2 is 2.30 bits per heavy atom. The van der Waals surface area contributed by atoms with Crippen molar-refractivity contribution in [1.82, 2.24) is 19.8 Å². The van der Waals surface area contributed by atoms with E-state index in [4.69, 9.17) is 4.74 Å². The molecule has 6 nitrogen and oxygen atoms in total. The van der Waals surface area contributed by atoms with Crippen LogP contribution >= 0.6 is 0 Å². The fraction of sp³-hybridized carbons (Fsp3) is 0.714. The minimum absolute atomic E-state index is 0.212. The first-order valence-corrected chi connectivity index (χ1v) is 7.11. The Kier molecular flexibility index (Phi) is 4.65. The molecule has 1 fully saturated rings. The number of likely N-dealkylation sites (tertiary alicyclic amines) is 1. The van der Waals surface area contributed by atoms with Crippen LogP contribution in [-0.4, -0.2) is 51.8 Å². The Morgan fingerprint density at radius 3 is 2.95 bits per heavy atom. The molecule has 0 aromatic carbocycles. The molecule has 1 aliphatic heterocycles. The van der Waals surface area contributed by atoms with Crippen molar-refractivity contribution in [3.63, 3.8) is 0 Å². The molecular weight excluding hydrogens is 256 g/mol. The van der Waals surface area contributed by atoms with Crippen LogP contribution in [0.5, 0.6) is 0 Å². The van der Waals surface area contributed by atoms with Crippen molar-refractivity contribution in [3.8, 4) is 0 Å². The lowest BCUT2D eigenvalue weighted by Crippen LogP contribution is -2.39. The van der Waals surface area contributed by atoms with Gasteiger partial charge in [-0.1, -0.05) is 0 Å². The maximum absolute atomic E-state index is 11.9. The number of ether oxygens (including phenoxy) is 1. The van der Waals surface area contributed by atoms with E-state index in [-0.39, 0.29) is 6.09 Å². The molecule has 0 radical (unpaired) electrons. The molecule has 1 N–H and O–H groups in total. The van der Waals surface area contributed by atoms with Crippen LogP contribution < -0.4 is 5.32 Å². The zero-order valence-corrected chi connectivity index (χ0v) is 12.5. The molecule has 2 rings (SSSR count). The van der Waals surface area contributed by atoms with Gasteiger partial charge in [-0.05, 0) is 27.2 Å². The number of carbonyl (C=O) groups is 1. The van der Waals surface area contributed by atoms with Gasteiger partial charge in [0.2, 0.25) is 0 Å². The molecule has 1 aromatic heterocycles. The molecule has 0 spiro atoms. The lowest BCUT2D eigenvalue weighted by atomic mass is 10.2. The molecular formula is C14H24N4O2. The number of carbonyl (C=O) groups excluding carboxylic acids is 1. The van der Waals surface area contributed by atoms with Gasteiger partial charge in [-0.2, -0.15) is 0 Å². The van der Waals surface area contributed by atoms with E-state index >= 15 is 0 Å². The molecule has 0 saturated carbocycles. The molecule has 1 aromatic rings. The Hall–Kier alpha value is -1.56. The molecule has 0 bridgehead atoms. The Bertz CT molecular complexity index is 425. The average molecular weight is 280 g/mol. The van der Waals surface area contributed by atoms with E-state index in [0.29, 0.717) is 6.04 Å². The Balaban J connectivity index is 1.68. The summed E-state index contributed by atoms with van der Waals surface area (Å²) in [7, 11) is 0. The zero-order chi connectivity index (χ0) is 14.6. The number of imidazole rings is 1. The summed E-state index contributed by atoms with van der Waals surface area (Å²) < 4.78 is 7.42. The lowest BCUT2D eigenvalue weighted by Gasteiger charge is -2.24. The Labute approximate surface area is 120 Å². The van der Waals surface area contributed by atoms with E-state index in [2.05, 4.69) is 10.3 Å². The second-order valence-corrected chi connectivity index (χ2v) is 6.17. The van der Waals surface area contributed by atoms with Crippen molar-refractivity contribution in [2.24, 2.45) is 0 Å². The summed E-state index contributed by atoms with van der Waals surface area (Å²) in [5, 5.41) is 3.47. The van der Waals surface area contributed by atoms with Gasteiger partial charge in [0, 0.05) is 44.6 Å².